The number of aliphatic hydroxyl groups excluding tert-OH is 4. The molecule has 416 valence electrons. The zero-order chi connectivity index (χ0) is 51.2. The lowest BCUT2D eigenvalue weighted by Crippen LogP contribution is -2.61. The van der Waals surface area contributed by atoms with E-state index in [1.165, 1.54) is 225 Å². The van der Waals surface area contributed by atoms with E-state index in [1.807, 2.05) is 6.08 Å². The Labute approximate surface area is 430 Å². The highest BCUT2D eigenvalue weighted by Gasteiger charge is 2.48. The number of amides is 1. The fourth-order valence-electron chi connectivity index (χ4n) is 9.75. The molecule has 12 nitrogen and oxygen atoms in total. The molecule has 70 heavy (non-hydrogen) atoms. The minimum atomic E-state index is -5.09. The quantitative estimate of drug-likeness (QED) is 0.0193. The monoisotopic (exact) mass is 1020 g/mol. The van der Waals surface area contributed by atoms with Gasteiger partial charge < -0.3 is 35.2 Å². The standard InChI is InChI=1S/C57H111NO11S/c1-3-5-7-9-11-13-15-17-19-21-23-24-25-26-27-29-30-32-34-36-38-40-42-44-46-51(60)50(49-67-57-55(63)56(69-70(64,65)66)54(62)52(48-59)68-57)58-53(61)47-45-43-41-39-37-35-33-31-28-22-20-18-16-14-12-10-8-6-4-2/h44,46,50-52,54-57,59-60,62-63H,3-43,45,47-49H2,1-2H3,(H,58,61)(H,64,65,66)/b46-44+. The van der Waals surface area contributed by atoms with E-state index in [0.717, 1.165) is 38.5 Å². The van der Waals surface area contributed by atoms with Gasteiger partial charge in [-0.1, -0.05) is 276 Å². The van der Waals surface area contributed by atoms with Crippen molar-refractivity contribution in [3.8, 4) is 0 Å². The second kappa shape index (κ2) is 47.5. The van der Waals surface area contributed by atoms with Crippen molar-refractivity contribution in [2.24, 2.45) is 0 Å². The summed E-state index contributed by atoms with van der Waals surface area (Å²) >= 11 is 0. The van der Waals surface area contributed by atoms with Gasteiger partial charge in [-0.3, -0.25) is 9.35 Å². The van der Waals surface area contributed by atoms with Crippen molar-refractivity contribution in [3.05, 3.63) is 12.2 Å². The average Bonchev–Trinajstić information content (AvgIpc) is 3.33. The molecule has 0 radical (unpaired) electrons. The molecule has 7 atom stereocenters. The maximum atomic E-state index is 13.1. The molecular weight excluding hydrogens is 907 g/mol. The number of allylic oxidation sites excluding steroid dienone is 1. The maximum Gasteiger partial charge on any atom is 0.397 e. The van der Waals surface area contributed by atoms with Gasteiger partial charge in [-0.05, 0) is 19.3 Å². The van der Waals surface area contributed by atoms with Crippen LogP contribution in [0.2, 0.25) is 0 Å². The summed E-state index contributed by atoms with van der Waals surface area (Å²) in [5, 5.41) is 45.0. The molecule has 0 aromatic heterocycles. The van der Waals surface area contributed by atoms with Gasteiger partial charge in [0.05, 0.1) is 25.4 Å². The summed E-state index contributed by atoms with van der Waals surface area (Å²) in [4.78, 5) is 13.1. The summed E-state index contributed by atoms with van der Waals surface area (Å²) in [7, 11) is -5.09. The van der Waals surface area contributed by atoms with Crippen molar-refractivity contribution in [1.82, 2.24) is 5.32 Å². The number of carbonyl (C=O) groups is 1. The van der Waals surface area contributed by atoms with Crippen LogP contribution in [0, 0.1) is 0 Å². The first-order valence-electron chi connectivity index (χ1n) is 29.6. The first-order chi connectivity index (χ1) is 34.0. The summed E-state index contributed by atoms with van der Waals surface area (Å²) in [5.41, 5.74) is 0. The van der Waals surface area contributed by atoms with Crippen molar-refractivity contribution in [2.45, 2.75) is 333 Å². The number of rotatable bonds is 52. The molecule has 0 saturated carbocycles. The predicted octanol–water partition coefficient (Wildman–Crippen LogP) is 13.8. The third-order valence-electron chi connectivity index (χ3n) is 14.3. The molecule has 1 rings (SSSR count). The van der Waals surface area contributed by atoms with Crippen molar-refractivity contribution in [2.75, 3.05) is 13.2 Å². The number of hydrogen-bond acceptors (Lipinski definition) is 10. The summed E-state index contributed by atoms with van der Waals surface area (Å²) in [6, 6.07) is -0.940. The SMILES string of the molecule is CCCCCCCCCCCCCCCCCCCCCCCC/C=C/C(O)C(COC1OC(CO)C(O)C(OS(=O)(=O)O)C1O)NC(=O)CCCCCCCCCCCCCCCCCCCCC. The third kappa shape index (κ3) is 39.3. The number of unbranched alkanes of at least 4 members (excludes halogenated alkanes) is 40. The molecule has 7 unspecified atom stereocenters. The van der Waals surface area contributed by atoms with E-state index in [1.54, 1.807) is 6.08 Å². The van der Waals surface area contributed by atoms with Crippen molar-refractivity contribution >= 4 is 16.3 Å². The molecule has 1 amide bonds. The minimum absolute atomic E-state index is 0.256. The fraction of sp³-hybridized carbons (Fsp3) is 0.947. The molecule has 0 spiro atoms. The Bertz CT molecular complexity index is 1290. The Morgan fingerprint density at radius 3 is 1.24 bits per heavy atom. The van der Waals surface area contributed by atoms with Gasteiger partial charge >= 0.3 is 10.4 Å². The lowest BCUT2D eigenvalue weighted by molar-refractivity contribution is -0.298. The molecule has 0 aromatic rings. The molecular formula is C57H111NO11S. The zero-order valence-corrected chi connectivity index (χ0v) is 45.9. The van der Waals surface area contributed by atoms with E-state index in [-0.39, 0.29) is 18.9 Å². The van der Waals surface area contributed by atoms with Crippen LogP contribution in [0.5, 0.6) is 0 Å². The molecule has 13 heteroatoms. The second-order valence-corrected chi connectivity index (χ2v) is 22.0. The summed E-state index contributed by atoms with van der Waals surface area (Å²) in [5.74, 6) is -0.256. The molecule has 0 bridgehead atoms. The topological polar surface area (TPSA) is 192 Å². The Morgan fingerprint density at radius 1 is 0.557 bits per heavy atom. The second-order valence-electron chi connectivity index (χ2n) is 20.9. The Kier molecular flexibility index (Phi) is 45.4. The highest BCUT2D eigenvalue weighted by Crippen LogP contribution is 2.26. The highest BCUT2D eigenvalue weighted by molar-refractivity contribution is 7.80. The van der Waals surface area contributed by atoms with Gasteiger partial charge in [0, 0.05) is 6.42 Å². The van der Waals surface area contributed by atoms with Gasteiger partial charge in [0.1, 0.15) is 24.4 Å². The van der Waals surface area contributed by atoms with Gasteiger partial charge in [-0.2, -0.15) is 8.42 Å². The van der Waals surface area contributed by atoms with E-state index in [4.69, 9.17) is 9.47 Å². The summed E-state index contributed by atoms with van der Waals surface area (Å²) < 4.78 is 47.9. The molecule has 0 aromatic carbocycles. The normalized spacial score (nSPS) is 19.6. The number of hydrogen-bond donors (Lipinski definition) is 6. The van der Waals surface area contributed by atoms with Gasteiger partial charge in [0.2, 0.25) is 5.91 Å². The van der Waals surface area contributed by atoms with E-state index in [0.29, 0.717) is 6.42 Å². The molecule has 6 N–H and O–H groups in total. The van der Waals surface area contributed by atoms with Gasteiger partial charge in [-0.15, -0.1) is 0 Å². The lowest BCUT2D eigenvalue weighted by atomic mass is 9.99. The van der Waals surface area contributed by atoms with Gasteiger partial charge in [0.25, 0.3) is 0 Å². The number of nitrogens with one attached hydrogen (secondary N) is 1. The smallest absolute Gasteiger partial charge is 0.394 e. The molecule has 1 fully saturated rings. The number of carbonyl (C=O) groups excluding carboxylic acids is 1. The number of ether oxygens (including phenoxy) is 2. The molecule has 1 saturated heterocycles. The largest absolute Gasteiger partial charge is 0.397 e. The molecule has 0 aliphatic carbocycles. The van der Waals surface area contributed by atoms with Crippen LogP contribution in [0.25, 0.3) is 0 Å². The van der Waals surface area contributed by atoms with Crippen LogP contribution in [-0.2, 0) is 28.9 Å². The average molecular weight is 1020 g/mol. The van der Waals surface area contributed by atoms with Crippen molar-refractivity contribution in [3.63, 3.8) is 0 Å². The Morgan fingerprint density at radius 2 is 0.900 bits per heavy atom. The van der Waals surface area contributed by atoms with E-state index in [2.05, 4.69) is 23.3 Å². The van der Waals surface area contributed by atoms with Crippen LogP contribution in [-0.4, -0.2) is 95.4 Å². The summed E-state index contributed by atoms with van der Waals surface area (Å²) in [6.07, 6.45) is 48.3. The van der Waals surface area contributed by atoms with E-state index >= 15 is 0 Å². The summed E-state index contributed by atoms with van der Waals surface area (Å²) in [6.45, 7) is 3.44. The van der Waals surface area contributed by atoms with Crippen LogP contribution >= 0.6 is 0 Å². The van der Waals surface area contributed by atoms with Crippen LogP contribution in [0.15, 0.2) is 12.2 Å². The van der Waals surface area contributed by atoms with Gasteiger partial charge in [-0.25, -0.2) is 4.18 Å². The molecule has 1 aliphatic heterocycles. The van der Waals surface area contributed by atoms with E-state index in [9.17, 15) is 38.2 Å². The van der Waals surface area contributed by atoms with Gasteiger partial charge in [0.15, 0.2) is 6.29 Å². The van der Waals surface area contributed by atoms with Crippen LogP contribution in [0.1, 0.15) is 290 Å². The first-order valence-corrected chi connectivity index (χ1v) is 30.9. The molecule has 1 heterocycles. The third-order valence-corrected chi connectivity index (χ3v) is 14.8. The minimum Gasteiger partial charge on any atom is -0.394 e. The Hall–Kier alpha value is -1.16. The number of aliphatic hydroxyl groups is 4. The van der Waals surface area contributed by atoms with Crippen LogP contribution in [0.4, 0.5) is 0 Å². The van der Waals surface area contributed by atoms with Crippen LogP contribution < -0.4 is 5.32 Å². The Balaban J connectivity index is 2.36. The molecule has 1 aliphatic rings. The van der Waals surface area contributed by atoms with Crippen molar-refractivity contribution < 1.29 is 51.8 Å². The lowest BCUT2D eigenvalue weighted by Gasteiger charge is -2.41. The van der Waals surface area contributed by atoms with Crippen LogP contribution in [0.3, 0.4) is 0 Å². The fourth-order valence-corrected chi connectivity index (χ4v) is 10.3. The highest BCUT2D eigenvalue weighted by atomic mass is 32.3. The van der Waals surface area contributed by atoms with Crippen molar-refractivity contribution in [1.29, 1.82) is 0 Å². The van der Waals surface area contributed by atoms with E-state index < -0.39 is 59.9 Å². The first kappa shape index (κ1) is 66.9. The predicted molar refractivity (Wildman–Crippen MR) is 287 cm³/mol. The zero-order valence-electron chi connectivity index (χ0n) is 45.1. The maximum absolute atomic E-state index is 13.1.